The number of rotatable bonds is 7. The molecule has 1 amide bonds. The Hall–Kier alpha value is -2.76. The molecule has 1 heterocycles. The first-order chi connectivity index (χ1) is 13.5. The molecule has 0 bridgehead atoms. The van der Waals surface area contributed by atoms with Crippen LogP contribution >= 0.6 is 23.2 Å². The van der Waals surface area contributed by atoms with Gasteiger partial charge in [-0.1, -0.05) is 35.3 Å². The molecule has 5 nitrogen and oxygen atoms in total. The molecule has 0 unspecified atom stereocenters. The van der Waals surface area contributed by atoms with E-state index in [0.717, 1.165) is 5.56 Å². The number of carbonyl (C=O) groups is 1. The molecule has 0 aliphatic heterocycles. The van der Waals surface area contributed by atoms with Crippen LogP contribution in [0.15, 0.2) is 66.9 Å². The highest BCUT2D eigenvalue weighted by Crippen LogP contribution is 2.25. The topological polar surface area (TPSA) is 60.5 Å². The van der Waals surface area contributed by atoms with Gasteiger partial charge in [-0.3, -0.25) is 4.79 Å². The maximum atomic E-state index is 12.1. The van der Waals surface area contributed by atoms with Gasteiger partial charge in [-0.15, -0.1) is 0 Å². The van der Waals surface area contributed by atoms with Crippen LogP contribution in [0.25, 0.3) is 0 Å². The monoisotopic (exact) mass is 416 g/mol. The summed E-state index contributed by atoms with van der Waals surface area (Å²) in [5.74, 6) is 1.45. The summed E-state index contributed by atoms with van der Waals surface area (Å²) < 4.78 is 11.1. The molecule has 1 aromatic heterocycles. The Balaban J connectivity index is 1.49. The minimum atomic E-state index is -0.243. The molecule has 1 atom stereocenters. The Morgan fingerprint density at radius 3 is 2.46 bits per heavy atom. The molecule has 3 aromatic rings. The fourth-order valence-electron chi connectivity index (χ4n) is 2.43. The molecule has 0 saturated carbocycles. The van der Waals surface area contributed by atoms with Crippen LogP contribution < -0.4 is 14.8 Å². The van der Waals surface area contributed by atoms with E-state index in [1.165, 1.54) is 0 Å². The van der Waals surface area contributed by atoms with E-state index in [2.05, 4.69) is 10.3 Å². The Morgan fingerprint density at radius 2 is 1.79 bits per heavy atom. The predicted octanol–water partition coefficient (Wildman–Crippen LogP) is 5.44. The number of hydrogen-bond acceptors (Lipinski definition) is 4. The molecule has 1 N–H and O–H groups in total. The fraction of sp³-hybridized carbons (Fsp3) is 0.143. The lowest BCUT2D eigenvalue weighted by atomic mass is 10.1. The van der Waals surface area contributed by atoms with Gasteiger partial charge in [-0.2, -0.15) is 0 Å². The van der Waals surface area contributed by atoms with Crippen molar-refractivity contribution in [3.63, 3.8) is 0 Å². The molecule has 0 aliphatic carbocycles. The van der Waals surface area contributed by atoms with Crippen LogP contribution in [0.1, 0.15) is 18.5 Å². The maximum Gasteiger partial charge on any atom is 0.258 e. The average molecular weight is 417 g/mol. The summed E-state index contributed by atoms with van der Waals surface area (Å²) in [5, 5.41) is 3.78. The summed E-state index contributed by atoms with van der Waals surface area (Å²) in [6.45, 7) is 1.76. The summed E-state index contributed by atoms with van der Waals surface area (Å²) in [6.07, 6.45) is 1.66. The highest BCUT2D eigenvalue weighted by atomic mass is 35.5. The minimum Gasteiger partial charge on any atom is -0.484 e. The van der Waals surface area contributed by atoms with Crippen LogP contribution in [0.4, 0.5) is 0 Å². The van der Waals surface area contributed by atoms with Crippen molar-refractivity contribution in [3.05, 3.63) is 82.5 Å². The van der Waals surface area contributed by atoms with Crippen molar-refractivity contribution >= 4 is 29.1 Å². The third-order valence-corrected chi connectivity index (χ3v) is 4.61. The number of amides is 1. The van der Waals surface area contributed by atoms with Crippen LogP contribution in [0.2, 0.25) is 10.0 Å². The first kappa shape index (κ1) is 20.0. The lowest BCUT2D eigenvalue weighted by Gasteiger charge is -2.15. The number of nitrogens with one attached hydrogen (secondary N) is 1. The molecular weight excluding hydrogens is 399 g/mol. The van der Waals surface area contributed by atoms with Crippen LogP contribution in [-0.2, 0) is 4.79 Å². The van der Waals surface area contributed by atoms with Gasteiger partial charge in [-0.25, -0.2) is 4.98 Å². The summed E-state index contributed by atoms with van der Waals surface area (Å²) in [7, 11) is 0. The summed E-state index contributed by atoms with van der Waals surface area (Å²) in [6, 6.07) is 17.4. The van der Waals surface area contributed by atoms with Crippen LogP contribution in [0.5, 0.6) is 17.4 Å². The summed E-state index contributed by atoms with van der Waals surface area (Å²) in [4.78, 5) is 16.2. The number of nitrogens with zero attached hydrogens (tertiary/aromatic N) is 1. The van der Waals surface area contributed by atoms with Gasteiger partial charge < -0.3 is 14.8 Å². The third-order valence-electron chi connectivity index (χ3n) is 3.87. The maximum absolute atomic E-state index is 12.1. The molecule has 28 heavy (non-hydrogen) atoms. The number of benzene rings is 2. The second-order valence-corrected chi connectivity index (χ2v) is 6.81. The van der Waals surface area contributed by atoms with Crippen molar-refractivity contribution in [1.29, 1.82) is 0 Å². The van der Waals surface area contributed by atoms with E-state index in [-0.39, 0.29) is 18.6 Å². The zero-order valence-electron chi connectivity index (χ0n) is 15.1. The van der Waals surface area contributed by atoms with Gasteiger partial charge in [0.2, 0.25) is 5.88 Å². The van der Waals surface area contributed by atoms with Gasteiger partial charge in [0.1, 0.15) is 11.5 Å². The minimum absolute atomic E-state index is 0.105. The lowest BCUT2D eigenvalue weighted by molar-refractivity contribution is -0.123. The molecular formula is C21H18Cl2N2O3. The van der Waals surface area contributed by atoms with Gasteiger partial charge in [0.05, 0.1) is 16.1 Å². The van der Waals surface area contributed by atoms with Crippen molar-refractivity contribution in [1.82, 2.24) is 10.3 Å². The van der Waals surface area contributed by atoms with E-state index in [4.69, 9.17) is 32.7 Å². The largest absolute Gasteiger partial charge is 0.484 e. The molecule has 0 spiro atoms. The van der Waals surface area contributed by atoms with E-state index in [1.807, 2.05) is 25.1 Å². The Kier molecular flexibility index (Phi) is 6.74. The number of hydrogen-bond donors (Lipinski definition) is 1. The first-order valence-corrected chi connectivity index (χ1v) is 9.33. The van der Waals surface area contributed by atoms with Crippen LogP contribution in [0, 0.1) is 0 Å². The number of carbonyl (C=O) groups excluding carboxylic acids is 1. The molecule has 2 aromatic carbocycles. The fourth-order valence-corrected chi connectivity index (χ4v) is 2.74. The quantitative estimate of drug-likeness (QED) is 0.557. The van der Waals surface area contributed by atoms with E-state index < -0.39 is 0 Å². The zero-order valence-corrected chi connectivity index (χ0v) is 16.6. The normalized spacial score (nSPS) is 11.5. The van der Waals surface area contributed by atoms with Crippen molar-refractivity contribution in [2.75, 3.05) is 6.61 Å². The molecule has 7 heteroatoms. The molecule has 144 valence electrons. The van der Waals surface area contributed by atoms with Crippen LogP contribution in [-0.4, -0.2) is 17.5 Å². The molecule has 0 fully saturated rings. The highest BCUT2D eigenvalue weighted by molar-refractivity contribution is 6.42. The van der Waals surface area contributed by atoms with Crippen LogP contribution in [0.3, 0.4) is 0 Å². The van der Waals surface area contributed by atoms with E-state index in [0.29, 0.717) is 27.4 Å². The highest BCUT2D eigenvalue weighted by Gasteiger charge is 2.12. The Labute approximate surface area is 173 Å². The van der Waals surface area contributed by atoms with E-state index >= 15 is 0 Å². The van der Waals surface area contributed by atoms with Crippen molar-refractivity contribution < 1.29 is 14.3 Å². The van der Waals surface area contributed by atoms with Crippen molar-refractivity contribution in [3.8, 4) is 17.4 Å². The summed E-state index contributed by atoms with van der Waals surface area (Å²) in [5.41, 5.74) is 0.860. The smallest absolute Gasteiger partial charge is 0.258 e. The Morgan fingerprint density at radius 1 is 1.04 bits per heavy atom. The lowest BCUT2D eigenvalue weighted by Crippen LogP contribution is -2.31. The first-order valence-electron chi connectivity index (χ1n) is 8.57. The molecule has 0 saturated heterocycles. The molecule has 3 rings (SSSR count). The van der Waals surface area contributed by atoms with Crippen molar-refractivity contribution in [2.45, 2.75) is 13.0 Å². The van der Waals surface area contributed by atoms with Gasteiger partial charge in [-0.05, 0) is 55.0 Å². The van der Waals surface area contributed by atoms with Crippen molar-refractivity contribution in [2.24, 2.45) is 0 Å². The average Bonchev–Trinajstić information content (AvgIpc) is 2.70. The van der Waals surface area contributed by atoms with Gasteiger partial charge in [0.25, 0.3) is 5.91 Å². The van der Waals surface area contributed by atoms with Gasteiger partial charge in [0, 0.05) is 12.3 Å². The second kappa shape index (κ2) is 9.44. The number of halogens is 2. The van der Waals surface area contributed by atoms with Gasteiger partial charge >= 0.3 is 0 Å². The SMILES string of the molecule is C[C@H](NC(=O)COc1ccc(Oc2ccccn2)cc1)c1ccc(Cl)c(Cl)c1. The van der Waals surface area contributed by atoms with Gasteiger partial charge in [0.15, 0.2) is 6.61 Å². The number of pyridine rings is 1. The van der Waals surface area contributed by atoms with E-state index in [9.17, 15) is 4.79 Å². The van der Waals surface area contributed by atoms with E-state index in [1.54, 1.807) is 48.7 Å². The molecule has 0 radical (unpaired) electrons. The Bertz CT molecular complexity index is 934. The predicted molar refractivity (Wildman–Crippen MR) is 109 cm³/mol. The second-order valence-electron chi connectivity index (χ2n) is 5.99. The standard InChI is InChI=1S/C21H18Cl2N2O3/c1-14(15-5-10-18(22)19(23)12-15)25-20(26)13-27-16-6-8-17(9-7-16)28-21-4-2-3-11-24-21/h2-12,14H,13H2,1H3,(H,25,26)/t14-/m0/s1. The number of ether oxygens (including phenoxy) is 2. The summed E-state index contributed by atoms with van der Waals surface area (Å²) >= 11 is 11.9. The molecule has 0 aliphatic rings. The zero-order chi connectivity index (χ0) is 19.9. The third kappa shape index (κ3) is 5.62. The number of aromatic nitrogens is 1.